The van der Waals surface area contributed by atoms with Gasteiger partial charge in [0.15, 0.2) is 0 Å². The molecule has 1 amide bonds. The molecule has 0 saturated carbocycles. The van der Waals surface area contributed by atoms with Gasteiger partial charge in [-0.1, -0.05) is 0 Å². The largest absolute Gasteiger partial charge is 0.491 e. The minimum Gasteiger partial charge on any atom is -0.491 e. The molecular formula is CHN2O4-. The third-order valence-corrected chi connectivity index (χ3v) is 0.167. The average molecular weight is 105 g/mol. The molecular weight excluding hydrogens is 104 g/mol. The van der Waals surface area contributed by atoms with Crippen LogP contribution >= 0.6 is 0 Å². The zero-order valence-corrected chi connectivity index (χ0v) is 3.07. The number of rotatable bonds is 1. The molecule has 7 heavy (non-hydrogen) atoms. The Morgan fingerprint density at radius 2 is 2.29 bits per heavy atom. The van der Waals surface area contributed by atoms with Gasteiger partial charge in [0.2, 0.25) is 0 Å². The van der Waals surface area contributed by atoms with E-state index in [1.54, 1.807) is 0 Å². The van der Waals surface area contributed by atoms with Crippen molar-refractivity contribution in [2.75, 3.05) is 0 Å². The van der Waals surface area contributed by atoms with E-state index in [1.807, 2.05) is 5.43 Å². The van der Waals surface area contributed by atoms with Crippen LogP contribution in [0.4, 0.5) is 4.79 Å². The normalized spacial score (nSPS) is 7.43. The van der Waals surface area contributed by atoms with Crippen LogP contribution in [0, 0.1) is 10.1 Å². The van der Waals surface area contributed by atoms with E-state index in [9.17, 15) is 4.79 Å². The molecule has 0 heterocycles. The lowest BCUT2D eigenvalue weighted by Gasteiger charge is -1.97. The molecule has 0 aliphatic carbocycles. The molecule has 0 atom stereocenters. The highest BCUT2D eigenvalue weighted by atomic mass is 16.7. The topological polar surface area (TPSA) is 94.5 Å². The molecule has 6 heteroatoms. The third-order valence-electron chi connectivity index (χ3n) is 0.167. The van der Waals surface area contributed by atoms with Gasteiger partial charge in [-0.2, -0.15) is 0 Å². The Labute approximate surface area is 37.9 Å². The van der Waals surface area contributed by atoms with Gasteiger partial charge in [0, 0.05) is 0 Å². The van der Waals surface area contributed by atoms with Gasteiger partial charge in [-0.05, 0) is 5.03 Å². The number of hydrogen-bond acceptors (Lipinski definition) is 3. The van der Waals surface area contributed by atoms with Crippen LogP contribution < -0.4 is 0 Å². The summed E-state index contributed by atoms with van der Waals surface area (Å²) in [5.74, 6) is 0. The first-order valence-corrected chi connectivity index (χ1v) is 1.22. The number of hydrogen-bond donors (Lipinski definition) is 1. The summed E-state index contributed by atoms with van der Waals surface area (Å²) in [5.41, 5.74) is 1.92. The van der Waals surface area contributed by atoms with E-state index in [0.717, 1.165) is 0 Å². The molecule has 0 saturated heterocycles. The monoisotopic (exact) mass is 105 g/mol. The minimum atomic E-state index is -1.79. The summed E-state index contributed by atoms with van der Waals surface area (Å²) in [7, 11) is 0. The quantitative estimate of drug-likeness (QED) is 0.381. The Kier molecular flexibility index (Phi) is 1.58. The van der Waals surface area contributed by atoms with Crippen LogP contribution in [0.1, 0.15) is 0 Å². The van der Waals surface area contributed by atoms with E-state index in [0.29, 0.717) is 0 Å². The number of amides is 1. The summed E-state index contributed by atoms with van der Waals surface area (Å²) in [6.45, 7) is 0. The summed E-state index contributed by atoms with van der Waals surface area (Å²) in [6.07, 6.45) is -1.79. The van der Waals surface area contributed by atoms with Gasteiger partial charge in [0.1, 0.15) is 0 Å². The van der Waals surface area contributed by atoms with Crippen molar-refractivity contribution in [1.82, 2.24) is 0 Å². The Morgan fingerprint density at radius 3 is 2.29 bits per heavy atom. The molecule has 1 N–H and O–H groups in total. The average Bonchev–Trinajstić information content (AvgIpc) is 1.27. The van der Waals surface area contributed by atoms with Crippen molar-refractivity contribution in [1.29, 1.82) is 0 Å². The van der Waals surface area contributed by atoms with Crippen LogP contribution in [0.2, 0.25) is 0 Å². The fourth-order valence-electron chi connectivity index (χ4n) is 0.0698. The second-order valence-corrected chi connectivity index (χ2v) is 0.620. The summed E-state index contributed by atoms with van der Waals surface area (Å²) in [4.78, 5) is 18.3. The van der Waals surface area contributed by atoms with E-state index in [1.165, 1.54) is 0 Å². The van der Waals surface area contributed by atoms with Crippen LogP contribution in [-0.4, -0.2) is 16.2 Å². The zero-order valence-electron chi connectivity index (χ0n) is 3.07. The van der Waals surface area contributed by atoms with Crippen molar-refractivity contribution in [2.24, 2.45) is 0 Å². The first-order chi connectivity index (χ1) is 3.13. The highest BCUT2D eigenvalue weighted by Crippen LogP contribution is 1.83. The molecule has 0 bridgehead atoms. The van der Waals surface area contributed by atoms with E-state index in [2.05, 4.69) is 0 Å². The van der Waals surface area contributed by atoms with Gasteiger partial charge in [-0.25, -0.2) is 0 Å². The molecule has 0 aromatic heterocycles. The Balaban J connectivity index is 3.32. The second-order valence-electron chi connectivity index (χ2n) is 0.620. The molecule has 0 fully saturated rings. The maximum absolute atomic E-state index is 9.20. The summed E-state index contributed by atoms with van der Waals surface area (Å²) in [5, 5.41) is 15.3. The maximum atomic E-state index is 9.20. The molecule has 0 aliphatic heterocycles. The highest BCUT2D eigenvalue weighted by molar-refractivity contribution is 5.76. The van der Waals surface area contributed by atoms with Crippen molar-refractivity contribution in [3.05, 3.63) is 15.5 Å². The van der Waals surface area contributed by atoms with Gasteiger partial charge >= 0.3 is 0 Å². The fourth-order valence-corrected chi connectivity index (χ4v) is 0.0698. The first-order valence-electron chi connectivity index (χ1n) is 1.22. The van der Waals surface area contributed by atoms with Crippen molar-refractivity contribution >= 4 is 6.09 Å². The minimum absolute atomic E-state index is 1.28. The van der Waals surface area contributed by atoms with Gasteiger partial charge in [0.25, 0.3) is 6.09 Å². The lowest BCUT2D eigenvalue weighted by molar-refractivity contribution is -0.419. The van der Waals surface area contributed by atoms with Crippen LogP contribution in [0.5, 0.6) is 0 Å². The Hall–Kier alpha value is -1.33. The summed E-state index contributed by atoms with van der Waals surface area (Å²) in [6, 6.07) is 0. The van der Waals surface area contributed by atoms with E-state index in [4.69, 9.17) is 15.2 Å². The lowest BCUT2D eigenvalue weighted by atomic mass is 11.3. The van der Waals surface area contributed by atoms with Crippen LogP contribution in [0.15, 0.2) is 0 Å². The molecule has 0 rings (SSSR count). The van der Waals surface area contributed by atoms with Crippen LogP contribution in [0.3, 0.4) is 0 Å². The number of nitro groups is 1. The Bertz CT molecular complexity index is 85.9. The fraction of sp³-hybridized carbons (Fsp3) is 0. The SMILES string of the molecule is O=C(O)[N-][N+](=O)[O-]. The molecule has 0 aliphatic rings. The molecule has 40 valence electrons. The number of carboxylic acid groups (broad SMARTS) is 1. The van der Waals surface area contributed by atoms with Crippen LogP contribution in [-0.2, 0) is 0 Å². The van der Waals surface area contributed by atoms with Gasteiger partial charge in [0.05, 0.1) is 0 Å². The van der Waals surface area contributed by atoms with Gasteiger partial charge < -0.3 is 5.11 Å². The molecule has 0 radical (unpaired) electrons. The lowest BCUT2D eigenvalue weighted by Crippen LogP contribution is -1.97. The summed E-state index contributed by atoms with van der Waals surface area (Å²) >= 11 is 0. The van der Waals surface area contributed by atoms with Crippen molar-refractivity contribution in [3.63, 3.8) is 0 Å². The predicted molar refractivity (Wildman–Crippen MR) is 18.4 cm³/mol. The van der Waals surface area contributed by atoms with Gasteiger partial charge in [-0.15, -0.1) is 0 Å². The van der Waals surface area contributed by atoms with Crippen molar-refractivity contribution < 1.29 is 14.9 Å². The Morgan fingerprint density at radius 1 is 1.86 bits per heavy atom. The van der Waals surface area contributed by atoms with Crippen LogP contribution in [0.25, 0.3) is 5.43 Å². The van der Waals surface area contributed by atoms with E-state index >= 15 is 0 Å². The molecule has 0 aromatic carbocycles. The maximum Gasteiger partial charge on any atom is 0.284 e. The summed E-state index contributed by atoms with van der Waals surface area (Å²) < 4.78 is 0. The smallest absolute Gasteiger partial charge is 0.284 e. The molecule has 0 aromatic rings. The number of nitrogens with zero attached hydrogens (tertiary/aromatic N) is 2. The first kappa shape index (κ1) is 5.67. The highest BCUT2D eigenvalue weighted by Gasteiger charge is 1.81. The van der Waals surface area contributed by atoms with Crippen molar-refractivity contribution in [2.45, 2.75) is 0 Å². The zero-order chi connectivity index (χ0) is 5.86. The second kappa shape index (κ2) is 1.96. The van der Waals surface area contributed by atoms with Crippen molar-refractivity contribution in [3.8, 4) is 0 Å². The molecule has 0 unspecified atom stereocenters. The molecule has 0 spiro atoms. The predicted octanol–water partition coefficient (Wildman–Crippen LogP) is 0.230. The number of carbonyl (C=O) groups is 1. The standard InChI is InChI=1S/CHN2O4/c4-1(5)2-3(6)7/h(H,4,5)/q-1. The van der Waals surface area contributed by atoms with E-state index < -0.39 is 11.1 Å². The van der Waals surface area contributed by atoms with Gasteiger partial charge in [-0.3, -0.25) is 20.3 Å². The molecule has 6 nitrogen and oxygen atoms in total. The van der Waals surface area contributed by atoms with E-state index in [-0.39, 0.29) is 0 Å². The third kappa shape index (κ3) is 4.67.